The summed E-state index contributed by atoms with van der Waals surface area (Å²) in [5.41, 5.74) is 10.1. The van der Waals surface area contributed by atoms with Gasteiger partial charge in [0.1, 0.15) is 0 Å². The van der Waals surface area contributed by atoms with Crippen LogP contribution in [0.5, 0.6) is 0 Å². The summed E-state index contributed by atoms with van der Waals surface area (Å²) in [6.45, 7) is 8.38. The van der Waals surface area contributed by atoms with Crippen LogP contribution < -0.4 is 11.3 Å². The van der Waals surface area contributed by atoms with E-state index in [-0.39, 0.29) is 6.04 Å². The molecule has 0 amide bonds. The van der Waals surface area contributed by atoms with Gasteiger partial charge in [0.05, 0.1) is 11.7 Å². The molecule has 106 valence electrons. The number of nitrogens with two attached hydrogens (primary N) is 1. The van der Waals surface area contributed by atoms with Gasteiger partial charge >= 0.3 is 0 Å². The van der Waals surface area contributed by atoms with Crippen molar-refractivity contribution in [3.8, 4) is 0 Å². The highest BCUT2D eigenvalue weighted by molar-refractivity contribution is 5.31. The third-order valence-electron chi connectivity index (χ3n) is 3.51. The molecule has 20 heavy (non-hydrogen) atoms. The van der Waals surface area contributed by atoms with Gasteiger partial charge < -0.3 is 0 Å². The number of aromatic nitrogens is 1. The molecule has 1 atom stereocenters. The van der Waals surface area contributed by atoms with E-state index in [1.54, 1.807) is 0 Å². The molecule has 0 aliphatic heterocycles. The van der Waals surface area contributed by atoms with Crippen LogP contribution in [0.15, 0.2) is 30.5 Å². The van der Waals surface area contributed by atoms with Crippen LogP contribution in [0.1, 0.15) is 39.6 Å². The van der Waals surface area contributed by atoms with Gasteiger partial charge in [0, 0.05) is 6.20 Å². The number of hydrazine groups is 1. The number of benzene rings is 1. The summed E-state index contributed by atoms with van der Waals surface area (Å²) >= 11 is 0. The number of rotatable bonds is 4. The van der Waals surface area contributed by atoms with Crippen LogP contribution in [0, 0.1) is 27.7 Å². The van der Waals surface area contributed by atoms with E-state index in [1.807, 2.05) is 6.20 Å². The van der Waals surface area contributed by atoms with Gasteiger partial charge in [-0.25, -0.2) is 0 Å². The predicted octanol–water partition coefficient (Wildman–Crippen LogP) is 3.06. The quantitative estimate of drug-likeness (QED) is 0.662. The molecule has 0 aliphatic rings. The second kappa shape index (κ2) is 6.16. The second-order valence-electron chi connectivity index (χ2n) is 5.63. The zero-order valence-electron chi connectivity index (χ0n) is 12.7. The molecule has 3 N–H and O–H groups in total. The lowest BCUT2D eigenvalue weighted by molar-refractivity contribution is 0.535. The van der Waals surface area contributed by atoms with E-state index >= 15 is 0 Å². The lowest BCUT2D eigenvalue weighted by Gasteiger charge is -2.18. The SMILES string of the molecule is Cc1cc(C)cc(CC(NN)c2ncc(C)cc2C)c1. The lowest BCUT2D eigenvalue weighted by atomic mass is 9.97. The summed E-state index contributed by atoms with van der Waals surface area (Å²) in [5.74, 6) is 5.75. The normalized spacial score (nSPS) is 12.4. The van der Waals surface area contributed by atoms with Crippen molar-refractivity contribution < 1.29 is 0 Å². The Morgan fingerprint density at radius 2 is 1.65 bits per heavy atom. The van der Waals surface area contributed by atoms with Crippen molar-refractivity contribution in [2.24, 2.45) is 5.84 Å². The topological polar surface area (TPSA) is 50.9 Å². The maximum absolute atomic E-state index is 5.75. The van der Waals surface area contributed by atoms with E-state index in [4.69, 9.17) is 5.84 Å². The number of hydrogen-bond acceptors (Lipinski definition) is 3. The Bertz CT molecular complexity index is 585. The van der Waals surface area contributed by atoms with Crippen molar-refractivity contribution in [2.75, 3.05) is 0 Å². The molecule has 0 fully saturated rings. The van der Waals surface area contributed by atoms with E-state index in [0.29, 0.717) is 0 Å². The van der Waals surface area contributed by atoms with Crippen molar-refractivity contribution in [3.05, 3.63) is 64.0 Å². The highest BCUT2D eigenvalue weighted by atomic mass is 15.2. The zero-order chi connectivity index (χ0) is 14.7. The summed E-state index contributed by atoms with van der Waals surface area (Å²) in [7, 11) is 0. The average molecular weight is 269 g/mol. The van der Waals surface area contributed by atoms with Crippen molar-refractivity contribution in [1.82, 2.24) is 10.4 Å². The first-order chi connectivity index (χ1) is 9.49. The van der Waals surface area contributed by atoms with Gasteiger partial charge in [-0.15, -0.1) is 0 Å². The van der Waals surface area contributed by atoms with E-state index in [2.05, 4.69) is 62.4 Å². The molecule has 0 radical (unpaired) electrons. The van der Waals surface area contributed by atoms with E-state index in [9.17, 15) is 0 Å². The average Bonchev–Trinajstić information content (AvgIpc) is 2.35. The fourth-order valence-corrected chi connectivity index (χ4v) is 2.75. The Kier molecular flexibility index (Phi) is 4.53. The zero-order valence-corrected chi connectivity index (χ0v) is 12.7. The van der Waals surface area contributed by atoms with Gasteiger partial charge in [-0.2, -0.15) is 0 Å². The summed E-state index contributed by atoms with van der Waals surface area (Å²) in [4.78, 5) is 4.55. The summed E-state index contributed by atoms with van der Waals surface area (Å²) in [6, 6.07) is 8.79. The van der Waals surface area contributed by atoms with Gasteiger partial charge in [0.15, 0.2) is 0 Å². The van der Waals surface area contributed by atoms with Gasteiger partial charge in [-0.3, -0.25) is 16.3 Å². The minimum absolute atomic E-state index is 0.0387. The van der Waals surface area contributed by atoms with Crippen molar-refractivity contribution in [3.63, 3.8) is 0 Å². The van der Waals surface area contributed by atoms with Crippen molar-refractivity contribution in [2.45, 2.75) is 40.2 Å². The smallest absolute Gasteiger partial charge is 0.0675 e. The first kappa shape index (κ1) is 14.7. The third-order valence-corrected chi connectivity index (χ3v) is 3.51. The molecule has 0 saturated carbocycles. The minimum Gasteiger partial charge on any atom is -0.271 e. The van der Waals surface area contributed by atoms with E-state index < -0.39 is 0 Å². The van der Waals surface area contributed by atoms with Crippen LogP contribution in [0.3, 0.4) is 0 Å². The number of nitrogens with zero attached hydrogens (tertiary/aromatic N) is 1. The molecule has 1 unspecified atom stereocenters. The highest BCUT2D eigenvalue weighted by Crippen LogP contribution is 2.21. The fourth-order valence-electron chi connectivity index (χ4n) is 2.75. The molecule has 1 heterocycles. The van der Waals surface area contributed by atoms with Crippen molar-refractivity contribution in [1.29, 1.82) is 0 Å². The van der Waals surface area contributed by atoms with Gasteiger partial charge in [0.25, 0.3) is 0 Å². The van der Waals surface area contributed by atoms with Crippen LogP contribution >= 0.6 is 0 Å². The first-order valence-electron chi connectivity index (χ1n) is 6.96. The molecular weight excluding hydrogens is 246 g/mol. The predicted molar refractivity (Wildman–Crippen MR) is 83.4 cm³/mol. The van der Waals surface area contributed by atoms with Crippen molar-refractivity contribution >= 4 is 0 Å². The van der Waals surface area contributed by atoms with Crippen LogP contribution in [-0.2, 0) is 6.42 Å². The molecule has 0 spiro atoms. The Morgan fingerprint density at radius 3 is 2.20 bits per heavy atom. The van der Waals surface area contributed by atoms with Gasteiger partial charge in [0.2, 0.25) is 0 Å². The van der Waals surface area contributed by atoms with Crippen LogP contribution in [-0.4, -0.2) is 4.98 Å². The Labute approximate surface area is 121 Å². The number of nitrogens with one attached hydrogen (secondary N) is 1. The van der Waals surface area contributed by atoms with E-state index in [0.717, 1.165) is 12.1 Å². The van der Waals surface area contributed by atoms with E-state index in [1.165, 1.54) is 27.8 Å². The molecule has 2 rings (SSSR count). The second-order valence-corrected chi connectivity index (χ2v) is 5.63. The molecule has 3 heteroatoms. The monoisotopic (exact) mass is 269 g/mol. The lowest BCUT2D eigenvalue weighted by Crippen LogP contribution is -2.31. The Morgan fingerprint density at radius 1 is 1.00 bits per heavy atom. The highest BCUT2D eigenvalue weighted by Gasteiger charge is 2.15. The number of pyridine rings is 1. The van der Waals surface area contributed by atoms with Crippen LogP contribution in [0.2, 0.25) is 0 Å². The molecule has 0 saturated heterocycles. The largest absolute Gasteiger partial charge is 0.271 e. The fraction of sp³-hybridized carbons (Fsp3) is 0.353. The van der Waals surface area contributed by atoms with Gasteiger partial charge in [-0.1, -0.05) is 35.4 Å². The number of aryl methyl sites for hydroxylation is 4. The first-order valence-corrected chi connectivity index (χ1v) is 6.96. The molecule has 1 aromatic heterocycles. The third kappa shape index (κ3) is 3.44. The van der Waals surface area contributed by atoms with Crippen LogP contribution in [0.25, 0.3) is 0 Å². The Hall–Kier alpha value is -1.71. The Balaban J connectivity index is 2.28. The maximum atomic E-state index is 5.75. The maximum Gasteiger partial charge on any atom is 0.0675 e. The summed E-state index contributed by atoms with van der Waals surface area (Å²) in [6.07, 6.45) is 2.74. The minimum atomic E-state index is 0.0387. The summed E-state index contributed by atoms with van der Waals surface area (Å²) in [5, 5.41) is 0. The molecule has 3 nitrogen and oxygen atoms in total. The molecule has 0 aliphatic carbocycles. The van der Waals surface area contributed by atoms with Gasteiger partial charge in [-0.05, 0) is 50.8 Å². The summed E-state index contributed by atoms with van der Waals surface area (Å²) < 4.78 is 0. The van der Waals surface area contributed by atoms with Crippen LogP contribution in [0.4, 0.5) is 0 Å². The standard InChI is InChI=1S/C17H23N3/c1-11-5-12(2)8-15(7-11)9-16(20-18)17-14(4)6-13(3)10-19-17/h5-8,10,16,20H,9,18H2,1-4H3. The molecule has 0 bridgehead atoms. The molecule has 2 aromatic rings. The molecule has 1 aromatic carbocycles. The molecular formula is C17H23N3. The number of hydrogen-bond donors (Lipinski definition) is 2.